The van der Waals surface area contributed by atoms with Crippen molar-refractivity contribution < 1.29 is 4.79 Å². The Morgan fingerprint density at radius 1 is 1.16 bits per heavy atom. The molecule has 0 radical (unpaired) electrons. The number of para-hydroxylation sites is 1. The number of carbonyl (C=O) groups excluding carboxylic acids is 1. The summed E-state index contributed by atoms with van der Waals surface area (Å²) in [5.41, 5.74) is 4.01. The number of pyridine rings is 1. The lowest BCUT2D eigenvalue weighted by Crippen LogP contribution is -2.49. The maximum atomic E-state index is 13.6. The molecule has 1 N–H and O–H groups in total. The van der Waals surface area contributed by atoms with Crippen molar-refractivity contribution in [1.82, 2.24) is 14.9 Å². The number of nitrogens with zero attached hydrogens (tertiary/aromatic N) is 3. The number of hydrogen-bond acceptors (Lipinski definition) is 3. The standard InChI is InChI=1S/C26H32N4O/c1-19(17-29-16-14-22-21-11-5-6-12-23(21)28-24(22)18-29)30(25-13-7-8-15-27-25)26(31)20-9-3-2-4-10-20/h5-8,11-13,15,19-20,28H,2-4,9-10,14,16-18H2,1H3. The van der Waals surface area contributed by atoms with Crippen molar-refractivity contribution in [2.45, 2.75) is 58.0 Å². The molecule has 0 saturated heterocycles. The fraction of sp³-hybridized carbons (Fsp3) is 0.462. The van der Waals surface area contributed by atoms with E-state index in [-0.39, 0.29) is 17.9 Å². The summed E-state index contributed by atoms with van der Waals surface area (Å²) in [5, 5.41) is 1.35. The summed E-state index contributed by atoms with van der Waals surface area (Å²) in [5.74, 6) is 1.18. The van der Waals surface area contributed by atoms with Crippen LogP contribution in [0.2, 0.25) is 0 Å². The quantitative estimate of drug-likeness (QED) is 0.642. The number of H-pyrrole nitrogens is 1. The van der Waals surface area contributed by atoms with Gasteiger partial charge in [0.05, 0.1) is 0 Å². The van der Waals surface area contributed by atoms with Crippen molar-refractivity contribution in [2.75, 3.05) is 18.0 Å². The van der Waals surface area contributed by atoms with Gasteiger partial charge in [0.2, 0.25) is 5.91 Å². The van der Waals surface area contributed by atoms with Crippen molar-refractivity contribution in [1.29, 1.82) is 0 Å². The lowest BCUT2D eigenvalue weighted by atomic mass is 9.88. The molecule has 3 aromatic rings. The highest BCUT2D eigenvalue weighted by molar-refractivity contribution is 5.94. The van der Waals surface area contributed by atoms with Gasteiger partial charge in [0.25, 0.3) is 0 Å². The number of carbonyl (C=O) groups is 1. The number of hydrogen-bond donors (Lipinski definition) is 1. The molecule has 162 valence electrons. The van der Waals surface area contributed by atoms with Crippen LogP contribution in [0.25, 0.3) is 10.9 Å². The Morgan fingerprint density at radius 3 is 2.77 bits per heavy atom. The average Bonchev–Trinajstić information content (AvgIpc) is 3.18. The van der Waals surface area contributed by atoms with Crippen LogP contribution in [0, 0.1) is 5.92 Å². The molecule has 5 nitrogen and oxygen atoms in total. The number of nitrogens with one attached hydrogen (secondary N) is 1. The van der Waals surface area contributed by atoms with Crippen LogP contribution in [0.15, 0.2) is 48.7 Å². The molecule has 1 aromatic carbocycles. The maximum Gasteiger partial charge on any atom is 0.231 e. The summed E-state index contributed by atoms with van der Waals surface area (Å²) in [7, 11) is 0. The first kappa shape index (κ1) is 20.3. The topological polar surface area (TPSA) is 52.2 Å². The van der Waals surface area contributed by atoms with E-state index in [9.17, 15) is 4.79 Å². The van der Waals surface area contributed by atoms with Crippen molar-refractivity contribution in [2.24, 2.45) is 5.92 Å². The van der Waals surface area contributed by atoms with E-state index in [0.717, 1.165) is 57.6 Å². The van der Waals surface area contributed by atoms with Gasteiger partial charge in [-0.05, 0) is 49.9 Å². The number of anilines is 1. The first-order valence-corrected chi connectivity index (χ1v) is 11.8. The van der Waals surface area contributed by atoms with Crippen LogP contribution in [0.3, 0.4) is 0 Å². The number of aromatic nitrogens is 2. The molecule has 1 amide bonds. The smallest absolute Gasteiger partial charge is 0.231 e. The van der Waals surface area contributed by atoms with E-state index in [0.29, 0.717) is 0 Å². The van der Waals surface area contributed by atoms with Gasteiger partial charge in [-0.25, -0.2) is 4.98 Å². The Kier molecular flexibility index (Phi) is 5.77. The molecule has 1 fully saturated rings. The zero-order valence-electron chi connectivity index (χ0n) is 18.4. The van der Waals surface area contributed by atoms with E-state index in [2.05, 4.69) is 46.1 Å². The summed E-state index contributed by atoms with van der Waals surface area (Å²) in [6, 6.07) is 14.5. The summed E-state index contributed by atoms with van der Waals surface area (Å²) in [4.78, 5) is 26.2. The number of aromatic amines is 1. The van der Waals surface area contributed by atoms with Crippen LogP contribution in [0.1, 0.15) is 50.3 Å². The van der Waals surface area contributed by atoms with Gasteiger partial charge in [0.15, 0.2) is 0 Å². The number of amides is 1. The predicted octanol–water partition coefficient (Wildman–Crippen LogP) is 4.92. The van der Waals surface area contributed by atoms with Crippen LogP contribution in [-0.4, -0.2) is 39.9 Å². The van der Waals surface area contributed by atoms with Crippen molar-refractivity contribution in [3.8, 4) is 0 Å². The van der Waals surface area contributed by atoms with E-state index >= 15 is 0 Å². The molecule has 0 spiro atoms. The lowest BCUT2D eigenvalue weighted by molar-refractivity contribution is -0.123. The van der Waals surface area contributed by atoms with Crippen LogP contribution < -0.4 is 4.90 Å². The molecule has 1 saturated carbocycles. The van der Waals surface area contributed by atoms with Gasteiger partial charge in [-0.15, -0.1) is 0 Å². The van der Waals surface area contributed by atoms with E-state index in [1.54, 1.807) is 6.20 Å². The Balaban J connectivity index is 1.34. The predicted molar refractivity (Wildman–Crippen MR) is 125 cm³/mol. The normalized spacial score (nSPS) is 18.6. The van der Waals surface area contributed by atoms with Gasteiger partial charge >= 0.3 is 0 Å². The Morgan fingerprint density at radius 2 is 1.97 bits per heavy atom. The molecule has 1 unspecified atom stereocenters. The van der Waals surface area contributed by atoms with Gasteiger partial charge in [0, 0.05) is 54.4 Å². The molecule has 1 aliphatic heterocycles. The van der Waals surface area contributed by atoms with Crippen molar-refractivity contribution in [3.05, 3.63) is 59.9 Å². The van der Waals surface area contributed by atoms with Crippen LogP contribution >= 0.6 is 0 Å². The Hall–Kier alpha value is -2.66. The third kappa shape index (κ3) is 4.11. The van der Waals surface area contributed by atoms with Gasteiger partial charge < -0.3 is 4.98 Å². The molecule has 2 aromatic heterocycles. The number of benzene rings is 1. The molecule has 31 heavy (non-hydrogen) atoms. The minimum Gasteiger partial charge on any atom is -0.357 e. The SMILES string of the molecule is CC(CN1CCc2c([nH]c3ccccc23)C1)N(C(=O)C1CCCCC1)c1ccccn1. The molecule has 0 bridgehead atoms. The van der Waals surface area contributed by atoms with Gasteiger partial charge in [0.1, 0.15) is 5.82 Å². The number of fused-ring (bicyclic) bond motifs is 3. The number of rotatable bonds is 5. The van der Waals surface area contributed by atoms with E-state index in [1.807, 2.05) is 23.1 Å². The second kappa shape index (κ2) is 8.83. The zero-order chi connectivity index (χ0) is 21.2. The average molecular weight is 417 g/mol. The first-order chi connectivity index (χ1) is 15.2. The molecule has 1 atom stereocenters. The maximum absolute atomic E-state index is 13.6. The molecule has 2 aliphatic rings. The van der Waals surface area contributed by atoms with E-state index < -0.39 is 0 Å². The second-order valence-corrected chi connectivity index (χ2v) is 9.19. The summed E-state index contributed by atoms with van der Waals surface area (Å²) < 4.78 is 0. The van der Waals surface area contributed by atoms with Gasteiger partial charge in [-0.3, -0.25) is 14.6 Å². The van der Waals surface area contributed by atoms with Crippen LogP contribution in [0.4, 0.5) is 5.82 Å². The summed E-state index contributed by atoms with van der Waals surface area (Å²) >= 11 is 0. The molecule has 5 rings (SSSR count). The summed E-state index contributed by atoms with van der Waals surface area (Å²) in [6.45, 7) is 4.95. The second-order valence-electron chi connectivity index (χ2n) is 9.19. The largest absolute Gasteiger partial charge is 0.357 e. The monoisotopic (exact) mass is 416 g/mol. The molecule has 3 heterocycles. The minimum absolute atomic E-state index is 0.0789. The van der Waals surface area contributed by atoms with Gasteiger partial charge in [-0.1, -0.05) is 43.5 Å². The van der Waals surface area contributed by atoms with Crippen LogP contribution in [-0.2, 0) is 17.8 Å². The highest BCUT2D eigenvalue weighted by atomic mass is 16.2. The highest BCUT2D eigenvalue weighted by Gasteiger charge is 2.32. The third-order valence-electron chi connectivity index (χ3n) is 7.01. The van der Waals surface area contributed by atoms with Crippen molar-refractivity contribution >= 4 is 22.6 Å². The highest BCUT2D eigenvalue weighted by Crippen LogP contribution is 2.30. The Labute approximate surface area is 184 Å². The molecule has 5 heteroatoms. The lowest BCUT2D eigenvalue weighted by Gasteiger charge is -2.36. The van der Waals surface area contributed by atoms with Crippen LogP contribution in [0.5, 0.6) is 0 Å². The Bertz CT molecular complexity index is 1040. The fourth-order valence-corrected chi connectivity index (χ4v) is 5.46. The molecule has 1 aliphatic carbocycles. The van der Waals surface area contributed by atoms with Gasteiger partial charge in [-0.2, -0.15) is 0 Å². The zero-order valence-corrected chi connectivity index (χ0v) is 18.4. The van der Waals surface area contributed by atoms with E-state index in [4.69, 9.17) is 0 Å². The molecular formula is C26H32N4O. The fourth-order valence-electron chi connectivity index (χ4n) is 5.46. The third-order valence-corrected chi connectivity index (χ3v) is 7.01. The molecular weight excluding hydrogens is 384 g/mol. The van der Waals surface area contributed by atoms with Crippen molar-refractivity contribution in [3.63, 3.8) is 0 Å². The minimum atomic E-state index is 0.0789. The first-order valence-electron chi connectivity index (χ1n) is 11.8. The summed E-state index contributed by atoms with van der Waals surface area (Å²) in [6.07, 6.45) is 8.44. The van der Waals surface area contributed by atoms with E-state index in [1.165, 1.54) is 28.6 Å².